The summed E-state index contributed by atoms with van der Waals surface area (Å²) in [5.74, 6) is -1.57. The van der Waals surface area contributed by atoms with Crippen LogP contribution < -0.4 is 10.5 Å². The summed E-state index contributed by atoms with van der Waals surface area (Å²) in [7, 11) is 0. The van der Waals surface area contributed by atoms with E-state index in [0.717, 1.165) is 6.07 Å². The van der Waals surface area contributed by atoms with Crippen molar-refractivity contribution in [2.75, 3.05) is 13.2 Å². The second kappa shape index (κ2) is 6.34. The molecule has 0 aliphatic carbocycles. The number of nitro benzene ring substituents is 1. The molecule has 0 aliphatic heterocycles. The van der Waals surface area contributed by atoms with Crippen molar-refractivity contribution in [3.8, 4) is 5.75 Å². The third-order valence-electron chi connectivity index (χ3n) is 2.09. The molecular formula is C11H12N2O6. The van der Waals surface area contributed by atoms with Gasteiger partial charge in [-0.15, -0.1) is 0 Å². The van der Waals surface area contributed by atoms with Crippen LogP contribution in [0.2, 0.25) is 0 Å². The van der Waals surface area contributed by atoms with Gasteiger partial charge in [-0.3, -0.25) is 14.9 Å². The van der Waals surface area contributed by atoms with E-state index in [1.165, 1.54) is 12.1 Å². The number of benzene rings is 1. The third kappa shape index (κ3) is 3.95. The minimum Gasteiger partial charge on any atom is -0.475 e. The van der Waals surface area contributed by atoms with Crippen LogP contribution in [0.1, 0.15) is 17.3 Å². The quantitative estimate of drug-likeness (QED) is 0.459. The molecular weight excluding hydrogens is 256 g/mol. The van der Waals surface area contributed by atoms with Crippen LogP contribution in [0.5, 0.6) is 5.75 Å². The molecule has 1 rings (SSSR count). The van der Waals surface area contributed by atoms with Crippen molar-refractivity contribution in [1.29, 1.82) is 0 Å². The maximum Gasteiger partial charge on any atom is 0.344 e. The number of hydrogen-bond donors (Lipinski definition) is 1. The molecule has 1 amide bonds. The second-order valence-electron chi connectivity index (χ2n) is 3.40. The number of primary amides is 1. The molecule has 0 aliphatic rings. The lowest BCUT2D eigenvalue weighted by Gasteiger charge is -2.06. The van der Waals surface area contributed by atoms with Crippen LogP contribution >= 0.6 is 0 Å². The molecule has 0 aromatic heterocycles. The largest absolute Gasteiger partial charge is 0.475 e. The molecule has 1 aromatic carbocycles. The van der Waals surface area contributed by atoms with Gasteiger partial charge in [0.05, 0.1) is 11.5 Å². The summed E-state index contributed by atoms with van der Waals surface area (Å²) in [6.45, 7) is 1.36. The van der Waals surface area contributed by atoms with E-state index < -0.39 is 29.1 Å². The van der Waals surface area contributed by atoms with Gasteiger partial charge >= 0.3 is 11.7 Å². The zero-order valence-electron chi connectivity index (χ0n) is 10.1. The van der Waals surface area contributed by atoms with E-state index >= 15 is 0 Å². The average molecular weight is 268 g/mol. The number of esters is 1. The molecule has 0 saturated heterocycles. The molecule has 0 heterocycles. The normalized spacial score (nSPS) is 9.74. The molecule has 0 atom stereocenters. The number of nitro groups is 1. The van der Waals surface area contributed by atoms with E-state index in [1.54, 1.807) is 6.92 Å². The van der Waals surface area contributed by atoms with E-state index in [9.17, 15) is 19.7 Å². The van der Waals surface area contributed by atoms with Gasteiger partial charge in [0.2, 0.25) is 5.91 Å². The highest BCUT2D eigenvalue weighted by molar-refractivity contribution is 5.93. The maximum absolute atomic E-state index is 11.1. The molecule has 0 spiro atoms. The summed E-state index contributed by atoms with van der Waals surface area (Å²) >= 11 is 0. The molecule has 8 nitrogen and oxygen atoms in total. The van der Waals surface area contributed by atoms with Crippen molar-refractivity contribution >= 4 is 17.6 Å². The highest BCUT2D eigenvalue weighted by atomic mass is 16.6. The van der Waals surface area contributed by atoms with Crippen molar-refractivity contribution in [1.82, 2.24) is 0 Å². The molecule has 1 aromatic rings. The van der Waals surface area contributed by atoms with Crippen molar-refractivity contribution in [3.05, 3.63) is 33.9 Å². The topological polar surface area (TPSA) is 122 Å². The Morgan fingerprint density at radius 3 is 2.63 bits per heavy atom. The molecule has 102 valence electrons. The lowest BCUT2D eigenvalue weighted by molar-refractivity contribution is -0.385. The van der Waals surface area contributed by atoms with Crippen LogP contribution in [-0.2, 0) is 9.53 Å². The van der Waals surface area contributed by atoms with Gasteiger partial charge in [-0.2, -0.15) is 0 Å². The van der Waals surface area contributed by atoms with Crippen molar-refractivity contribution < 1.29 is 24.0 Å². The van der Waals surface area contributed by atoms with Gasteiger partial charge in [0, 0.05) is 11.6 Å². The lowest BCUT2D eigenvalue weighted by atomic mass is 10.2. The minimum atomic E-state index is -0.792. The Morgan fingerprint density at radius 1 is 1.42 bits per heavy atom. The van der Waals surface area contributed by atoms with Gasteiger partial charge in [0.1, 0.15) is 0 Å². The Balaban J connectivity index is 2.91. The van der Waals surface area contributed by atoms with Gasteiger partial charge in [-0.25, -0.2) is 4.79 Å². The molecule has 0 unspecified atom stereocenters. The molecule has 8 heteroatoms. The summed E-state index contributed by atoms with van der Waals surface area (Å²) in [5, 5.41) is 10.8. The van der Waals surface area contributed by atoms with Gasteiger partial charge < -0.3 is 15.2 Å². The molecule has 0 radical (unpaired) electrons. The van der Waals surface area contributed by atoms with Crippen molar-refractivity contribution in [2.45, 2.75) is 6.92 Å². The summed E-state index contributed by atoms with van der Waals surface area (Å²) in [4.78, 5) is 32.1. The highest BCUT2D eigenvalue weighted by Gasteiger charge is 2.18. The lowest BCUT2D eigenvalue weighted by Crippen LogP contribution is -2.16. The molecule has 0 saturated carbocycles. The number of hydrogen-bond acceptors (Lipinski definition) is 6. The number of carbonyl (C=O) groups is 2. The predicted molar refractivity (Wildman–Crippen MR) is 63.7 cm³/mol. The van der Waals surface area contributed by atoms with Crippen LogP contribution in [0.4, 0.5) is 5.69 Å². The zero-order chi connectivity index (χ0) is 14.4. The number of carbonyl (C=O) groups excluding carboxylic acids is 2. The SMILES string of the molecule is CCOC(=O)COc1ccc(C(N)=O)cc1[N+](=O)[O-]. The fourth-order valence-electron chi connectivity index (χ4n) is 1.27. The van der Waals surface area contributed by atoms with Crippen LogP contribution in [0.25, 0.3) is 0 Å². The zero-order valence-corrected chi connectivity index (χ0v) is 10.1. The van der Waals surface area contributed by atoms with E-state index in [-0.39, 0.29) is 17.9 Å². The Morgan fingerprint density at radius 2 is 2.11 bits per heavy atom. The number of amides is 1. The molecule has 2 N–H and O–H groups in total. The Hall–Kier alpha value is -2.64. The van der Waals surface area contributed by atoms with Crippen LogP contribution in [0.15, 0.2) is 18.2 Å². The monoisotopic (exact) mass is 268 g/mol. The second-order valence-corrected chi connectivity index (χ2v) is 3.40. The number of rotatable bonds is 6. The summed E-state index contributed by atoms with van der Waals surface area (Å²) in [6, 6.07) is 3.47. The summed E-state index contributed by atoms with van der Waals surface area (Å²) in [6.07, 6.45) is 0. The Bertz CT molecular complexity index is 514. The first-order chi connectivity index (χ1) is 8.95. The van der Waals surface area contributed by atoms with Crippen LogP contribution in [0.3, 0.4) is 0 Å². The number of nitrogens with zero attached hydrogens (tertiary/aromatic N) is 1. The van der Waals surface area contributed by atoms with E-state index in [4.69, 9.17) is 10.5 Å². The number of ether oxygens (including phenoxy) is 2. The third-order valence-corrected chi connectivity index (χ3v) is 2.09. The van der Waals surface area contributed by atoms with Gasteiger partial charge in [-0.05, 0) is 19.1 Å². The standard InChI is InChI=1S/C11H12N2O6/c1-2-18-10(14)6-19-9-4-3-7(11(12)15)5-8(9)13(16)17/h3-5H,2,6H2,1H3,(H2,12,15). The van der Waals surface area contributed by atoms with Gasteiger partial charge in [0.25, 0.3) is 0 Å². The van der Waals surface area contributed by atoms with Crippen molar-refractivity contribution in [3.63, 3.8) is 0 Å². The first-order valence-corrected chi connectivity index (χ1v) is 5.32. The number of nitrogens with two attached hydrogens (primary N) is 1. The summed E-state index contributed by atoms with van der Waals surface area (Å²) < 4.78 is 9.60. The van der Waals surface area contributed by atoms with Crippen LogP contribution in [-0.4, -0.2) is 30.0 Å². The molecule has 19 heavy (non-hydrogen) atoms. The highest BCUT2D eigenvalue weighted by Crippen LogP contribution is 2.27. The summed E-state index contributed by atoms with van der Waals surface area (Å²) in [5.41, 5.74) is 4.56. The maximum atomic E-state index is 11.1. The average Bonchev–Trinajstić information content (AvgIpc) is 2.36. The fraction of sp³-hybridized carbons (Fsp3) is 0.273. The first-order valence-electron chi connectivity index (χ1n) is 5.32. The van der Waals surface area contributed by atoms with Gasteiger partial charge in [-0.1, -0.05) is 0 Å². The van der Waals surface area contributed by atoms with Crippen molar-refractivity contribution in [2.24, 2.45) is 5.73 Å². The Kier molecular flexibility index (Phi) is 4.81. The molecule has 0 bridgehead atoms. The smallest absolute Gasteiger partial charge is 0.344 e. The first kappa shape index (κ1) is 14.4. The van der Waals surface area contributed by atoms with E-state index in [0.29, 0.717) is 0 Å². The predicted octanol–water partition coefficient (Wildman–Crippen LogP) is 0.636. The Labute approximate surface area is 108 Å². The minimum absolute atomic E-state index is 0.0183. The van der Waals surface area contributed by atoms with E-state index in [1.807, 2.05) is 0 Å². The molecule has 0 fully saturated rings. The fourth-order valence-corrected chi connectivity index (χ4v) is 1.27. The van der Waals surface area contributed by atoms with Crippen LogP contribution in [0, 0.1) is 10.1 Å². The van der Waals surface area contributed by atoms with E-state index in [2.05, 4.69) is 4.74 Å². The van der Waals surface area contributed by atoms with Gasteiger partial charge in [0.15, 0.2) is 12.4 Å².